The van der Waals surface area contributed by atoms with Crippen LogP contribution in [0, 0.1) is 6.92 Å². The van der Waals surface area contributed by atoms with Gasteiger partial charge < -0.3 is 5.11 Å². The van der Waals surface area contributed by atoms with Crippen LogP contribution in [0.2, 0.25) is 0 Å². The highest BCUT2D eigenvalue weighted by atomic mass is 16.4. The Balaban J connectivity index is 2.46. The Kier molecular flexibility index (Phi) is 2.11. The van der Waals surface area contributed by atoms with E-state index in [9.17, 15) is 4.79 Å². The van der Waals surface area contributed by atoms with E-state index in [0.29, 0.717) is 12.4 Å². The molecule has 1 amide bonds. The lowest BCUT2D eigenvalue weighted by Crippen LogP contribution is -2.35. The molecule has 0 aliphatic carbocycles. The Labute approximate surface area is 82.2 Å². The minimum absolute atomic E-state index is 0.554. The van der Waals surface area contributed by atoms with E-state index in [1.165, 1.54) is 4.90 Å². The third-order valence-electron chi connectivity index (χ3n) is 2.41. The van der Waals surface area contributed by atoms with Crippen LogP contribution in [0.3, 0.4) is 0 Å². The van der Waals surface area contributed by atoms with Gasteiger partial charge in [-0.15, -0.1) is 0 Å². The Morgan fingerprint density at radius 2 is 2.36 bits per heavy atom. The molecule has 2 rings (SSSR count). The quantitative estimate of drug-likeness (QED) is 0.682. The third kappa shape index (κ3) is 1.43. The Bertz CT molecular complexity index is 376. The summed E-state index contributed by atoms with van der Waals surface area (Å²) in [5.41, 5.74) is 1.89. The van der Waals surface area contributed by atoms with Crippen LogP contribution in [0.25, 0.3) is 0 Å². The van der Waals surface area contributed by atoms with E-state index in [-0.39, 0.29) is 0 Å². The average molecular weight is 192 g/mol. The molecule has 1 N–H and O–H groups in total. The molecule has 0 saturated heterocycles. The van der Waals surface area contributed by atoms with Crippen LogP contribution in [0.15, 0.2) is 12.1 Å². The molecule has 0 fully saturated rings. The zero-order valence-electron chi connectivity index (χ0n) is 8.03. The largest absolute Gasteiger partial charge is 0.465 e. The summed E-state index contributed by atoms with van der Waals surface area (Å²) < 4.78 is 0. The third-order valence-corrected chi connectivity index (χ3v) is 2.41. The molecule has 1 aromatic rings. The van der Waals surface area contributed by atoms with Gasteiger partial charge in [0.25, 0.3) is 0 Å². The van der Waals surface area contributed by atoms with E-state index in [1.807, 2.05) is 19.1 Å². The normalized spacial score (nSPS) is 15.1. The summed E-state index contributed by atoms with van der Waals surface area (Å²) in [6.07, 6.45) is 0.889. The molecule has 1 aliphatic heterocycles. The molecule has 74 valence electrons. The van der Waals surface area contributed by atoms with Gasteiger partial charge in [0.1, 0.15) is 5.82 Å². The van der Waals surface area contributed by atoms with Gasteiger partial charge in [0.2, 0.25) is 0 Å². The number of amides is 1. The van der Waals surface area contributed by atoms with E-state index >= 15 is 0 Å². The fourth-order valence-corrected chi connectivity index (χ4v) is 1.72. The molecule has 0 spiro atoms. The molecule has 0 atom stereocenters. The van der Waals surface area contributed by atoms with Gasteiger partial charge in [-0.05, 0) is 31.4 Å². The minimum atomic E-state index is -0.913. The first-order chi connectivity index (χ1) is 6.68. The summed E-state index contributed by atoms with van der Waals surface area (Å²) in [7, 11) is 0. The van der Waals surface area contributed by atoms with Crippen molar-refractivity contribution in [2.24, 2.45) is 0 Å². The van der Waals surface area contributed by atoms with Crippen LogP contribution in [-0.4, -0.2) is 22.7 Å². The molecule has 0 radical (unpaired) electrons. The highest BCUT2D eigenvalue weighted by Crippen LogP contribution is 2.24. The zero-order chi connectivity index (χ0) is 10.1. The molecule has 0 aromatic carbocycles. The standard InChI is InChI=1S/C10H12N2O2/c1-7-4-5-8-3-2-6-12(10(13)14)9(8)11-7/h4-5H,2-3,6H2,1H3,(H,13,14). The molecule has 0 bridgehead atoms. The number of hydrogen-bond donors (Lipinski definition) is 1. The van der Waals surface area contributed by atoms with Crippen molar-refractivity contribution in [2.45, 2.75) is 19.8 Å². The fraction of sp³-hybridized carbons (Fsp3) is 0.400. The highest BCUT2D eigenvalue weighted by molar-refractivity contribution is 5.86. The van der Waals surface area contributed by atoms with E-state index in [2.05, 4.69) is 4.98 Å². The fourth-order valence-electron chi connectivity index (χ4n) is 1.72. The molecule has 4 nitrogen and oxygen atoms in total. The van der Waals surface area contributed by atoms with Crippen molar-refractivity contribution < 1.29 is 9.90 Å². The van der Waals surface area contributed by atoms with Gasteiger partial charge in [0, 0.05) is 12.2 Å². The second-order valence-corrected chi connectivity index (χ2v) is 3.47. The number of carbonyl (C=O) groups is 1. The number of carboxylic acid groups (broad SMARTS) is 1. The van der Waals surface area contributed by atoms with Gasteiger partial charge in [-0.2, -0.15) is 0 Å². The van der Waals surface area contributed by atoms with E-state index < -0.39 is 6.09 Å². The maximum atomic E-state index is 10.9. The highest BCUT2D eigenvalue weighted by Gasteiger charge is 2.22. The van der Waals surface area contributed by atoms with Crippen molar-refractivity contribution in [3.63, 3.8) is 0 Å². The second-order valence-electron chi connectivity index (χ2n) is 3.47. The van der Waals surface area contributed by atoms with Crippen LogP contribution in [0.1, 0.15) is 17.7 Å². The molecular weight excluding hydrogens is 180 g/mol. The molecule has 2 heterocycles. The van der Waals surface area contributed by atoms with Gasteiger partial charge in [-0.1, -0.05) is 6.07 Å². The number of aryl methyl sites for hydroxylation is 2. The number of aromatic nitrogens is 1. The minimum Gasteiger partial charge on any atom is -0.465 e. The predicted molar refractivity (Wildman–Crippen MR) is 52.7 cm³/mol. The van der Waals surface area contributed by atoms with Crippen LogP contribution in [-0.2, 0) is 6.42 Å². The first kappa shape index (κ1) is 8.99. The van der Waals surface area contributed by atoms with Crippen molar-refractivity contribution in [2.75, 3.05) is 11.4 Å². The number of anilines is 1. The Morgan fingerprint density at radius 3 is 3.07 bits per heavy atom. The molecule has 1 aromatic heterocycles. The zero-order valence-corrected chi connectivity index (χ0v) is 8.03. The van der Waals surface area contributed by atoms with Gasteiger partial charge in [0.15, 0.2) is 0 Å². The van der Waals surface area contributed by atoms with Crippen molar-refractivity contribution in [1.82, 2.24) is 4.98 Å². The van der Waals surface area contributed by atoms with Crippen LogP contribution in [0.4, 0.5) is 10.6 Å². The topological polar surface area (TPSA) is 53.4 Å². The molecule has 4 heteroatoms. The van der Waals surface area contributed by atoms with Crippen LogP contribution in [0.5, 0.6) is 0 Å². The van der Waals surface area contributed by atoms with Crippen molar-refractivity contribution in [3.8, 4) is 0 Å². The summed E-state index contributed by atoms with van der Waals surface area (Å²) in [5.74, 6) is 0.615. The van der Waals surface area contributed by atoms with Crippen LogP contribution < -0.4 is 4.90 Å². The summed E-state index contributed by atoms with van der Waals surface area (Å²) in [4.78, 5) is 16.5. The number of rotatable bonds is 0. The van der Waals surface area contributed by atoms with E-state index in [1.54, 1.807) is 0 Å². The Morgan fingerprint density at radius 1 is 1.57 bits per heavy atom. The summed E-state index contributed by atoms with van der Waals surface area (Å²) in [6, 6.07) is 3.89. The van der Waals surface area contributed by atoms with E-state index in [0.717, 1.165) is 24.1 Å². The number of nitrogens with zero attached hydrogens (tertiary/aromatic N) is 2. The maximum Gasteiger partial charge on any atom is 0.413 e. The van der Waals surface area contributed by atoms with E-state index in [4.69, 9.17) is 5.11 Å². The average Bonchev–Trinajstić information content (AvgIpc) is 2.16. The van der Waals surface area contributed by atoms with Crippen molar-refractivity contribution >= 4 is 11.9 Å². The van der Waals surface area contributed by atoms with Gasteiger partial charge >= 0.3 is 6.09 Å². The molecular formula is C10H12N2O2. The smallest absolute Gasteiger partial charge is 0.413 e. The second kappa shape index (κ2) is 3.29. The molecule has 0 saturated carbocycles. The number of fused-ring (bicyclic) bond motifs is 1. The predicted octanol–water partition coefficient (Wildman–Crippen LogP) is 1.82. The van der Waals surface area contributed by atoms with Crippen molar-refractivity contribution in [1.29, 1.82) is 0 Å². The lowest BCUT2D eigenvalue weighted by Gasteiger charge is -2.25. The lowest BCUT2D eigenvalue weighted by atomic mass is 10.1. The monoisotopic (exact) mass is 192 g/mol. The molecule has 14 heavy (non-hydrogen) atoms. The molecule has 0 unspecified atom stereocenters. The first-order valence-electron chi connectivity index (χ1n) is 4.65. The maximum absolute atomic E-state index is 10.9. The number of hydrogen-bond acceptors (Lipinski definition) is 2. The summed E-state index contributed by atoms with van der Waals surface area (Å²) in [6.45, 7) is 2.42. The van der Waals surface area contributed by atoms with Gasteiger partial charge in [0.05, 0.1) is 0 Å². The van der Waals surface area contributed by atoms with Gasteiger partial charge in [-0.3, -0.25) is 4.90 Å². The lowest BCUT2D eigenvalue weighted by molar-refractivity contribution is 0.201. The van der Waals surface area contributed by atoms with Crippen LogP contribution >= 0.6 is 0 Å². The molecule has 1 aliphatic rings. The van der Waals surface area contributed by atoms with Crippen molar-refractivity contribution in [3.05, 3.63) is 23.4 Å². The SMILES string of the molecule is Cc1ccc2c(n1)N(C(=O)O)CCC2. The van der Waals surface area contributed by atoms with Gasteiger partial charge in [-0.25, -0.2) is 9.78 Å². The number of pyridine rings is 1. The Hall–Kier alpha value is -1.58. The first-order valence-corrected chi connectivity index (χ1v) is 4.65. The summed E-state index contributed by atoms with van der Waals surface area (Å²) >= 11 is 0. The summed E-state index contributed by atoms with van der Waals surface area (Å²) in [5, 5.41) is 8.96.